The van der Waals surface area contributed by atoms with Crippen LogP contribution in [-0.4, -0.2) is 12.1 Å². The molecule has 1 aromatic carbocycles. The number of rotatable bonds is 4. The summed E-state index contributed by atoms with van der Waals surface area (Å²) in [6.07, 6.45) is 4.78. The standard InChI is InChI=1S/C16H24FN/c1-12(10-13-6-4-7-14(17)11-13)18-15-8-5-9-16(15,2)3/h4,6-7,11-12,15,18H,5,8-10H2,1-3H3. The fraction of sp³-hybridized carbons (Fsp3) is 0.625. The van der Waals surface area contributed by atoms with E-state index in [1.807, 2.05) is 6.07 Å². The molecule has 1 N–H and O–H groups in total. The van der Waals surface area contributed by atoms with Crippen molar-refractivity contribution in [2.75, 3.05) is 0 Å². The van der Waals surface area contributed by atoms with Crippen LogP contribution in [0.4, 0.5) is 4.39 Å². The third kappa shape index (κ3) is 3.32. The number of hydrogen-bond donors (Lipinski definition) is 1. The van der Waals surface area contributed by atoms with E-state index in [-0.39, 0.29) is 5.82 Å². The van der Waals surface area contributed by atoms with Crippen LogP contribution in [0.2, 0.25) is 0 Å². The average Bonchev–Trinajstić information content (AvgIpc) is 2.58. The van der Waals surface area contributed by atoms with Gasteiger partial charge in [0, 0.05) is 12.1 Å². The topological polar surface area (TPSA) is 12.0 Å². The van der Waals surface area contributed by atoms with Crippen LogP contribution in [-0.2, 0) is 6.42 Å². The van der Waals surface area contributed by atoms with Crippen LogP contribution in [0.3, 0.4) is 0 Å². The fourth-order valence-electron chi connectivity index (χ4n) is 3.06. The molecule has 1 aliphatic rings. The van der Waals surface area contributed by atoms with Gasteiger partial charge in [-0.1, -0.05) is 32.4 Å². The molecule has 1 nitrogen and oxygen atoms in total. The van der Waals surface area contributed by atoms with Crippen LogP contribution in [0.1, 0.15) is 45.6 Å². The fourth-order valence-corrected chi connectivity index (χ4v) is 3.06. The van der Waals surface area contributed by atoms with Gasteiger partial charge in [0.2, 0.25) is 0 Å². The molecule has 0 aromatic heterocycles. The SMILES string of the molecule is CC(Cc1cccc(F)c1)NC1CCCC1(C)C. The molecule has 18 heavy (non-hydrogen) atoms. The van der Waals surface area contributed by atoms with Gasteiger partial charge < -0.3 is 5.32 Å². The molecule has 0 amide bonds. The summed E-state index contributed by atoms with van der Waals surface area (Å²) in [5.41, 5.74) is 1.47. The largest absolute Gasteiger partial charge is 0.311 e. The van der Waals surface area contributed by atoms with Gasteiger partial charge in [0.1, 0.15) is 5.82 Å². The normalized spacial score (nSPS) is 24.1. The highest BCUT2D eigenvalue weighted by Gasteiger charge is 2.34. The van der Waals surface area contributed by atoms with E-state index in [2.05, 4.69) is 26.1 Å². The molecule has 1 aromatic rings. The van der Waals surface area contributed by atoms with Crippen molar-refractivity contribution >= 4 is 0 Å². The van der Waals surface area contributed by atoms with Crippen LogP contribution in [0, 0.1) is 11.2 Å². The molecule has 2 atom stereocenters. The van der Waals surface area contributed by atoms with Crippen LogP contribution in [0.25, 0.3) is 0 Å². The molecule has 0 saturated heterocycles. The zero-order valence-electron chi connectivity index (χ0n) is 11.7. The summed E-state index contributed by atoms with van der Waals surface area (Å²) in [4.78, 5) is 0. The Bertz CT molecular complexity index is 400. The van der Waals surface area contributed by atoms with Gasteiger partial charge in [-0.15, -0.1) is 0 Å². The molecule has 0 heterocycles. The first-order valence-electron chi connectivity index (χ1n) is 6.98. The monoisotopic (exact) mass is 249 g/mol. The molecule has 0 aliphatic heterocycles. The zero-order chi connectivity index (χ0) is 13.2. The first-order valence-corrected chi connectivity index (χ1v) is 6.98. The summed E-state index contributed by atoms with van der Waals surface area (Å²) < 4.78 is 13.1. The van der Waals surface area contributed by atoms with E-state index in [0.29, 0.717) is 17.5 Å². The van der Waals surface area contributed by atoms with Gasteiger partial charge in [-0.3, -0.25) is 0 Å². The Labute approximate surface area is 110 Å². The number of benzene rings is 1. The van der Waals surface area contributed by atoms with Crippen LogP contribution < -0.4 is 5.32 Å². The lowest BCUT2D eigenvalue weighted by molar-refractivity contribution is 0.265. The highest BCUT2D eigenvalue weighted by atomic mass is 19.1. The van der Waals surface area contributed by atoms with Crippen molar-refractivity contribution < 1.29 is 4.39 Å². The van der Waals surface area contributed by atoms with Crippen molar-refractivity contribution in [2.45, 2.75) is 58.5 Å². The van der Waals surface area contributed by atoms with Crippen molar-refractivity contribution in [1.82, 2.24) is 5.32 Å². The maximum Gasteiger partial charge on any atom is 0.123 e. The molecule has 2 unspecified atom stereocenters. The second-order valence-corrected chi connectivity index (χ2v) is 6.34. The molecule has 100 valence electrons. The van der Waals surface area contributed by atoms with Crippen LogP contribution >= 0.6 is 0 Å². The highest BCUT2D eigenvalue weighted by molar-refractivity contribution is 5.17. The Balaban J connectivity index is 1.91. The summed E-state index contributed by atoms with van der Waals surface area (Å²) in [7, 11) is 0. The number of halogens is 1. The van der Waals surface area contributed by atoms with E-state index in [0.717, 1.165) is 12.0 Å². The molecule has 2 heteroatoms. The maximum atomic E-state index is 13.1. The van der Waals surface area contributed by atoms with E-state index in [4.69, 9.17) is 0 Å². The molecular weight excluding hydrogens is 225 g/mol. The van der Waals surface area contributed by atoms with Crippen molar-refractivity contribution in [1.29, 1.82) is 0 Å². The molecule has 0 radical (unpaired) electrons. The van der Waals surface area contributed by atoms with Gasteiger partial charge in [0.05, 0.1) is 0 Å². The summed E-state index contributed by atoms with van der Waals surface area (Å²) in [6, 6.07) is 7.92. The van der Waals surface area contributed by atoms with Crippen molar-refractivity contribution in [3.63, 3.8) is 0 Å². The molecule has 0 bridgehead atoms. The van der Waals surface area contributed by atoms with Gasteiger partial charge in [-0.2, -0.15) is 0 Å². The Kier molecular flexibility index (Phi) is 4.06. The molecular formula is C16H24FN. The lowest BCUT2D eigenvalue weighted by Gasteiger charge is -2.31. The van der Waals surface area contributed by atoms with Gasteiger partial charge in [-0.25, -0.2) is 4.39 Å². The Hall–Kier alpha value is -0.890. The molecule has 1 fully saturated rings. The van der Waals surface area contributed by atoms with Crippen molar-refractivity contribution in [3.05, 3.63) is 35.6 Å². The lowest BCUT2D eigenvalue weighted by atomic mass is 9.87. The summed E-state index contributed by atoms with van der Waals surface area (Å²) >= 11 is 0. The van der Waals surface area contributed by atoms with E-state index >= 15 is 0 Å². The minimum Gasteiger partial charge on any atom is -0.311 e. The first-order chi connectivity index (χ1) is 8.47. The maximum absolute atomic E-state index is 13.1. The van der Waals surface area contributed by atoms with Crippen molar-refractivity contribution in [3.8, 4) is 0 Å². The van der Waals surface area contributed by atoms with Gasteiger partial charge in [0.25, 0.3) is 0 Å². The van der Waals surface area contributed by atoms with Gasteiger partial charge in [-0.05, 0) is 49.3 Å². The lowest BCUT2D eigenvalue weighted by Crippen LogP contribution is -2.43. The molecule has 0 spiro atoms. The minimum absolute atomic E-state index is 0.138. The Morgan fingerprint density at radius 3 is 2.83 bits per heavy atom. The van der Waals surface area contributed by atoms with Crippen molar-refractivity contribution in [2.24, 2.45) is 5.41 Å². The first kappa shape index (κ1) is 13.5. The zero-order valence-corrected chi connectivity index (χ0v) is 11.7. The van der Waals surface area contributed by atoms with E-state index < -0.39 is 0 Å². The smallest absolute Gasteiger partial charge is 0.123 e. The number of nitrogens with one attached hydrogen (secondary N) is 1. The third-order valence-corrected chi connectivity index (χ3v) is 4.17. The van der Waals surface area contributed by atoms with Crippen LogP contribution in [0.5, 0.6) is 0 Å². The van der Waals surface area contributed by atoms with E-state index in [1.165, 1.54) is 25.3 Å². The van der Waals surface area contributed by atoms with Gasteiger partial charge in [0.15, 0.2) is 0 Å². The summed E-state index contributed by atoms with van der Waals surface area (Å²) in [5, 5.41) is 3.71. The van der Waals surface area contributed by atoms with Crippen LogP contribution in [0.15, 0.2) is 24.3 Å². The molecule has 1 saturated carbocycles. The average molecular weight is 249 g/mol. The number of hydrogen-bond acceptors (Lipinski definition) is 1. The van der Waals surface area contributed by atoms with E-state index in [9.17, 15) is 4.39 Å². The highest BCUT2D eigenvalue weighted by Crippen LogP contribution is 2.37. The van der Waals surface area contributed by atoms with Gasteiger partial charge >= 0.3 is 0 Å². The van der Waals surface area contributed by atoms with E-state index in [1.54, 1.807) is 12.1 Å². The molecule has 1 aliphatic carbocycles. The minimum atomic E-state index is -0.138. The Morgan fingerprint density at radius 2 is 2.22 bits per heavy atom. The summed E-state index contributed by atoms with van der Waals surface area (Å²) in [5.74, 6) is -0.138. The second kappa shape index (κ2) is 5.40. The second-order valence-electron chi connectivity index (χ2n) is 6.34. The molecule has 2 rings (SSSR count). The summed E-state index contributed by atoms with van der Waals surface area (Å²) in [6.45, 7) is 6.87. The third-order valence-electron chi connectivity index (χ3n) is 4.17. The predicted molar refractivity (Wildman–Crippen MR) is 74.1 cm³/mol. The quantitative estimate of drug-likeness (QED) is 0.852. The predicted octanol–water partition coefficient (Wildman–Crippen LogP) is 3.93. The Morgan fingerprint density at radius 1 is 1.44 bits per heavy atom.